The molecule has 0 radical (unpaired) electrons. The molecule has 2 heterocycles. The zero-order valence-corrected chi connectivity index (χ0v) is 13.6. The number of benzene rings is 2. The number of hydrogen-bond acceptors (Lipinski definition) is 3. The third kappa shape index (κ3) is 2.76. The van der Waals surface area contributed by atoms with Gasteiger partial charge in [0.15, 0.2) is 0 Å². The van der Waals surface area contributed by atoms with Gasteiger partial charge >= 0.3 is 0 Å². The van der Waals surface area contributed by atoms with E-state index in [1.807, 2.05) is 28.8 Å². The molecule has 0 bridgehead atoms. The van der Waals surface area contributed by atoms with Crippen molar-refractivity contribution in [3.8, 4) is 11.4 Å². The monoisotopic (exact) mass is 337 g/mol. The van der Waals surface area contributed by atoms with E-state index in [0.717, 1.165) is 22.7 Å². The van der Waals surface area contributed by atoms with E-state index < -0.39 is 0 Å². The van der Waals surface area contributed by atoms with E-state index in [2.05, 4.69) is 10.3 Å². The number of hydrogen-bond donors (Lipinski definition) is 1. The molecule has 1 aromatic heterocycles. The molecule has 0 fully saturated rings. The molecular weight excluding hydrogens is 321 g/mol. The van der Waals surface area contributed by atoms with E-state index in [0.29, 0.717) is 5.82 Å². The Morgan fingerprint density at radius 1 is 1.24 bits per heavy atom. The Morgan fingerprint density at radius 2 is 2.04 bits per heavy atom. The number of carbonyl (C=O) groups excluding carboxylic acids is 1. The Kier molecular flexibility index (Phi) is 3.72. The van der Waals surface area contributed by atoms with Crippen molar-refractivity contribution in [1.29, 1.82) is 0 Å². The molecule has 3 aromatic rings. The molecule has 1 amide bonds. The number of nitrogens with zero attached hydrogens (tertiary/aromatic N) is 2. The average Bonchev–Trinajstić information content (AvgIpc) is 3.05. The highest BCUT2D eigenvalue weighted by Gasteiger charge is 2.31. The second-order valence-corrected chi connectivity index (χ2v) is 5.91. The van der Waals surface area contributed by atoms with Gasteiger partial charge in [-0.3, -0.25) is 9.36 Å². The van der Waals surface area contributed by atoms with E-state index in [-0.39, 0.29) is 24.1 Å². The van der Waals surface area contributed by atoms with Crippen molar-refractivity contribution in [3.63, 3.8) is 0 Å². The van der Waals surface area contributed by atoms with Crippen molar-refractivity contribution in [2.45, 2.75) is 12.3 Å². The normalized spacial score (nSPS) is 16.2. The number of amides is 1. The number of methoxy groups -OCH3 is 1. The van der Waals surface area contributed by atoms with E-state index in [4.69, 9.17) is 4.74 Å². The molecule has 1 atom stereocenters. The Balaban J connectivity index is 1.79. The Morgan fingerprint density at radius 3 is 2.80 bits per heavy atom. The maximum absolute atomic E-state index is 13.2. The molecule has 1 N–H and O–H groups in total. The van der Waals surface area contributed by atoms with Crippen LogP contribution in [-0.2, 0) is 4.79 Å². The maximum Gasteiger partial charge on any atom is 0.226 e. The summed E-state index contributed by atoms with van der Waals surface area (Å²) in [4.78, 5) is 16.7. The summed E-state index contributed by atoms with van der Waals surface area (Å²) in [5.74, 6) is 0.768. The predicted octanol–water partition coefficient (Wildman–Crippen LogP) is 3.49. The maximum atomic E-state index is 13.2. The van der Waals surface area contributed by atoms with E-state index in [1.165, 1.54) is 12.1 Å². The lowest BCUT2D eigenvalue weighted by Crippen LogP contribution is -2.24. The molecule has 0 saturated carbocycles. The highest BCUT2D eigenvalue weighted by Crippen LogP contribution is 2.37. The molecule has 5 nitrogen and oxygen atoms in total. The number of nitrogens with one attached hydrogen (secondary N) is 1. The Labute approximate surface area is 144 Å². The number of ether oxygens (including phenoxy) is 1. The molecule has 0 unspecified atom stereocenters. The van der Waals surface area contributed by atoms with Gasteiger partial charge in [-0.1, -0.05) is 18.2 Å². The topological polar surface area (TPSA) is 56.1 Å². The lowest BCUT2D eigenvalue weighted by atomic mass is 9.90. The highest BCUT2D eigenvalue weighted by atomic mass is 19.1. The van der Waals surface area contributed by atoms with Crippen LogP contribution in [0, 0.1) is 5.82 Å². The second-order valence-electron chi connectivity index (χ2n) is 5.91. The van der Waals surface area contributed by atoms with Gasteiger partial charge in [0.2, 0.25) is 5.91 Å². The van der Waals surface area contributed by atoms with Crippen LogP contribution in [0.3, 0.4) is 0 Å². The summed E-state index contributed by atoms with van der Waals surface area (Å²) in [7, 11) is 1.61. The van der Waals surface area contributed by atoms with Gasteiger partial charge in [0.1, 0.15) is 23.7 Å². The molecule has 4 rings (SSSR count). The smallest absolute Gasteiger partial charge is 0.226 e. The largest absolute Gasteiger partial charge is 0.497 e. The lowest BCUT2D eigenvalue weighted by Gasteiger charge is -2.23. The van der Waals surface area contributed by atoms with Crippen molar-refractivity contribution in [1.82, 2.24) is 9.55 Å². The highest BCUT2D eigenvalue weighted by molar-refractivity contribution is 5.94. The molecule has 126 valence electrons. The van der Waals surface area contributed by atoms with Gasteiger partial charge in [-0.25, -0.2) is 9.37 Å². The Bertz CT molecular complexity index is 934. The molecule has 6 heteroatoms. The second kappa shape index (κ2) is 6.05. The first-order valence-corrected chi connectivity index (χ1v) is 7.92. The first-order valence-electron chi connectivity index (χ1n) is 7.92. The molecule has 1 aliphatic rings. The first-order chi connectivity index (χ1) is 12.2. The van der Waals surface area contributed by atoms with Gasteiger partial charge < -0.3 is 10.1 Å². The number of aromatic nitrogens is 2. The van der Waals surface area contributed by atoms with Gasteiger partial charge in [-0.2, -0.15) is 0 Å². The van der Waals surface area contributed by atoms with Crippen molar-refractivity contribution in [2.24, 2.45) is 0 Å². The molecule has 2 aromatic carbocycles. The van der Waals surface area contributed by atoms with Crippen LogP contribution >= 0.6 is 0 Å². The number of anilines is 1. The molecule has 25 heavy (non-hydrogen) atoms. The summed E-state index contributed by atoms with van der Waals surface area (Å²) >= 11 is 0. The molecule has 0 spiro atoms. The summed E-state index contributed by atoms with van der Waals surface area (Å²) in [5, 5.41) is 2.90. The van der Waals surface area contributed by atoms with Gasteiger partial charge in [0.05, 0.1) is 18.5 Å². The standard InChI is InChI=1S/C19H16FN3O2/c1-25-15-4-2-3-14(9-15)23-11-21-18-16(10-17(24)22-19(18)23)12-5-7-13(20)8-6-12/h2-9,11,16H,10H2,1H3,(H,22,24)/t16-/m1/s1. The number of carbonyl (C=O) groups is 1. The van der Waals surface area contributed by atoms with Crippen LogP contribution in [0.1, 0.15) is 23.6 Å². The first kappa shape index (κ1) is 15.4. The molecule has 0 saturated heterocycles. The van der Waals surface area contributed by atoms with Crippen LogP contribution in [0.4, 0.5) is 10.2 Å². The van der Waals surface area contributed by atoms with Gasteiger partial charge in [0, 0.05) is 18.4 Å². The zero-order chi connectivity index (χ0) is 17.4. The molecule has 0 aliphatic carbocycles. The van der Waals surface area contributed by atoms with Crippen LogP contribution in [0.25, 0.3) is 5.69 Å². The van der Waals surface area contributed by atoms with Crippen LogP contribution in [0.15, 0.2) is 54.9 Å². The third-order valence-electron chi connectivity index (χ3n) is 4.38. The summed E-state index contributed by atoms with van der Waals surface area (Å²) in [6.07, 6.45) is 1.97. The fourth-order valence-corrected chi connectivity index (χ4v) is 3.13. The number of rotatable bonds is 3. The fourth-order valence-electron chi connectivity index (χ4n) is 3.13. The summed E-state index contributed by atoms with van der Waals surface area (Å²) in [5.41, 5.74) is 2.48. The van der Waals surface area contributed by atoms with E-state index in [1.54, 1.807) is 25.6 Å². The SMILES string of the molecule is COc1cccc(-n2cnc3c2NC(=O)C[C@@H]3c2ccc(F)cc2)c1. The van der Waals surface area contributed by atoms with Crippen molar-refractivity contribution in [3.05, 3.63) is 71.9 Å². The predicted molar refractivity (Wildman–Crippen MR) is 91.6 cm³/mol. The van der Waals surface area contributed by atoms with Crippen molar-refractivity contribution < 1.29 is 13.9 Å². The van der Waals surface area contributed by atoms with Crippen LogP contribution in [0.2, 0.25) is 0 Å². The lowest BCUT2D eigenvalue weighted by molar-refractivity contribution is -0.116. The van der Waals surface area contributed by atoms with Crippen LogP contribution in [-0.4, -0.2) is 22.6 Å². The summed E-state index contributed by atoms with van der Waals surface area (Å²) in [6, 6.07) is 13.7. The zero-order valence-electron chi connectivity index (χ0n) is 13.6. The fraction of sp³-hybridized carbons (Fsp3) is 0.158. The summed E-state index contributed by atoms with van der Waals surface area (Å²) in [6.45, 7) is 0. The minimum Gasteiger partial charge on any atom is -0.497 e. The van der Waals surface area contributed by atoms with Crippen molar-refractivity contribution >= 4 is 11.7 Å². The van der Waals surface area contributed by atoms with E-state index >= 15 is 0 Å². The molecule has 1 aliphatic heterocycles. The van der Waals surface area contributed by atoms with Crippen LogP contribution < -0.4 is 10.1 Å². The minimum atomic E-state index is -0.300. The van der Waals surface area contributed by atoms with Crippen LogP contribution in [0.5, 0.6) is 5.75 Å². The minimum absolute atomic E-state index is 0.0912. The quantitative estimate of drug-likeness (QED) is 0.796. The van der Waals surface area contributed by atoms with Gasteiger partial charge in [-0.15, -0.1) is 0 Å². The molecular formula is C19H16FN3O2. The number of imidazole rings is 1. The van der Waals surface area contributed by atoms with E-state index in [9.17, 15) is 9.18 Å². The number of fused-ring (bicyclic) bond motifs is 1. The summed E-state index contributed by atoms with van der Waals surface area (Å²) < 4.78 is 20.3. The third-order valence-corrected chi connectivity index (χ3v) is 4.38. The van der Waals surface area contributed by atoms with Crippen molar-refractivity contribution in [2.75, 3.05) is 12.4 Å². The Hall–Kier alpha value is -3.15. The van der Waals surface area contributed by atoms with Gasteiger partial charge in [-0.05, 0) is 29.8 Å². The average molecular weight is 337 g/mol. The number of halogens is 1. The van der Waals surface area contributed by atoms with Gasteiger partial charge in [0.25, 0.3) is 0 Å².